The Morgan fingerprint density at radius 1 is 1.10 bits per heavy atom. The van der Waals surface area contributed by atoms with Crippen LogP contribution in [0.2, 0.25) is 0 Å². The second-order valence-electron chi connectivity index (χ2n) is 8.34. The molecule has 0 spiro atoms. The Hall–Kier alpha value is -1.69. The number of methoxy groups -OCH3 is 1. The number of hydrogen-bond donors (Lipinski definition) is 0. The molecule has 0 saturated carbocycles. The summed E-state index contributed by atoms with van der Waals surface area (Å²) < 4.78 is 11.2. The third-order valence-corrected chi connectivity index (χ3v) is 4.95. The molecule has 0 bridgehead atoms. The molecule has 1 aliphatic heterocycles. The molecule has 4 heteroatoms. The number of aliphatic imine (C=N–C) groups is 1. The van der Waals surface area contributed by atoms with Gasteiger partial charge in [-0.2, -0.15) is 6.42 Å². The Bertz CT molecular complexity index is 841. The van der Waals surface area contributed by atoms with Crippen LogP contribution in [0.1, 0.15) is 61.4 Å². The van der Waals surface area contributed by atoms with E-state index in [2.05, 4.69) is 77.9 Å². The molecular formula is C26H36LiNO2. The van der Waals surface area contributed by atoms with Crippen molar-refractivity contribution in [3.63, 3.8) is 0 Å². The maximum atomic E-state index is 5.87. The summed E-state index contributed by atoms with van der Waals surface area (Å²) in [4.78, 5) is 4.75. The van der Waals surface area contributed by atoms with Crippen molar-refractivity contribution >= 4 is 5.90 Å². The second kappa shape index (κ2) is 12.2. The predicted molar refractivity (Wildman–Crippen MR) is 123 cm³/mol. The topological polar surface area (TPSA) is 30.8 Å². The van der Waals surface area contributed by atoms with E-state index in [0.29, 0.717) is 6.61 Å². The Morgan fingerprint density at radius 3 is 2.33 bits per heavy atom. The summed E-state index contributed by atoms with van der Waals surface area (Å²) in [5, 5.41) is 0. The van der Waals surface area contributed by atoms with E-state index >= 15 is 0 Å². The molecule has 0 aliphatic carbocycles. The van der Waals surface area contributed by atoms with Gasteiger partial charge < -0.3 is 16.4 Å². The summed E-state index contributed by atoms with van der Waals surface area (Å²) >= 11 is 0. The smallest absolute Gasteiger partial charge is 0.496 e. The van der Waals surface area contributed by atoms with Crippen LogP contribution in [0.3, 0.4) is 0 Å². The molecule has 3 nitrogen and oxygen atoms in total. The summed E-state index contributed by atoms with van der Waals surface area (Å²) in [5.74, 6) is 1.72. The van der Waals surface area contributed by atoms with E-state index in [4.69, 9.17) is 14.5 Å². The minimum absolute atomic E-state index is 0. The minimum Gasteiger partial charge on any atom is -0.496 e. The largest absolute Gasteiger partial charge is 1.00 e. The number of nitrogens with zero attached hydrogens (tertiary/aromatic N) is 1. The first kappa shape index (κ1) is 26.3. The first-order valence-corrected chi connectivity index (χ1v) is 10.5. The standard InChI is InChI=1S/C22H27NO2.C4H9.Li/c1-15-6-10-19(21-23-22(3,4)14-25-21)18(12-15)9-7-17-8-11-20(24-5)16(2)13-17;1-3-4-2;/h6,8,10-13H,7,9,14H2,1-5H3;1,3-4H2,2H3;/q;-1;+1. The van der Waals surface area contributed by atoms with Crippen LogP contribution in [-0.2, 0) is 17.6 Å². The molecule has 30 heavy (non-hydrogen) atoms. The van der Waals surface area contributed by atoms with Crippen molar-refractivity contribution in [1.82, 2.24) is 0 Å². The van der Waals surface area contributed by atoms with Gasteiger partial charge in [0.1, 0.15) is 12.4 Å². The molecule has 1 heterocycles. The number of rotatable bonds is 6. The van der Waals surface area contributed by atoms with Crippen LogP contribution in [0.25, 0.3) is 0 Å². The third-order valence-electron chi connectivity index (χ3n) is 4.95. The van der Waals surface area contributed by atoms with E-state index in [1.54, 1.807) is 7.11 Å². The quantitative estimate of drug-likeness (QED) is 0.549. The molecule has 0 N–H and O–H groups in total. The van der Waals surface area contributed by atoms with Crippen molar-refractivity contribution in [1.29, 1.82) is 0 Å². The molecule has 2 aromatic rings. The molecule has 0 radical (unpaired) electrons. The molecule has 0 fully saturated rings. The van der Waals surface area contributed by atoms with Gasteiger partial charge >= 0.3 is 18.9 Å². The van der Waals surface area contributed by atoms with Gasteiger partial charge in [-0.1, -0.05) is 43.2 Å². The summed E-state index contributed by atoms with van der Waals surface area (Å²) in [5.41, 5.74) is 6.05. The Labute approximate surface area is 195 Å². The SMILES string of the molecule is COc1ccc(CCc2cc(C)ccc2C2=NC(C)(C)CO2)cc1C.[CH2-]CCC.[Li+]. The van der Waals surface area contributed by atoms with E-state index in [9.17, 15) is 0 Å². The Morgan fingerprint density at radius 2 is 1.80 bits per heavy atom. The van der Waals surface area contributed by atoms with Gasteiger partial charge in [0.05, 0.1) is 12.6 Å². The first-order chi connectivity index (χ1) is 13.8. The van der Waals surface area contributed by atoms with Gasteiger partial charge in [0.25, 0.3) is 0 Å². The zero-order valence-corrected chi connectivity index (χ0v) is 20.0. The molecule has 3 rings (SSSR count). The molecule has 1 aliphatic rings. The monoisotopic (exact) mass is 401 g/mol. The first-order valence-electron chi connectivity index (χ1n) is 10.5. The van der Waals surface area contributed by atoms with Crippen molar-refractivity contribution in [2.24, 2.45) is 4.99 Å². The van der Waals surface area contributed by atoms with Crippen LogP contribution in [0.5, 0.6) is 5.75 Å². The molecule has 2 aromatic carbocycles. The predicted octanol–water partition coefficient (Wildman–Crippen LogP) is 3.28. The van der Waals surface area contributed by atoms with Crippen molar-refractivity contribution in [3.8, 4) is 5.75 Å². The van der Waals surface area contributed by atoms with Gasteiger partial charge in [0.2, 0.25) is 5.90 Å². The fraction of sp³-hybridized carbons (Fsp3) is 0.462. The van der Waals surface area contributed by atoms with Crippen LogP contribution in [0.15, 0.2) is 41.4 Å². The van der Waals surface area contributed by atoms with Crippen molar-refractivity contribution in [2.75, 3.05) is 13.7 Å². The summed E-state index contributed by atoms with van der Waals surface area (Å²) in [6, 6.07) is 12.9. The van der Waals surface area contributed by atoms with Crippen LogP contribution in [0, 0.1) is 20.8 Å². The molecule has 0 saturated heterocycles. The maximum Gasteiger partial charge on any atom is 1.00 e. The molecular weight excluding hydrogens is 365 g/mol. The number of ether oxygens (including phenoxy) is 2. The van der Waals surface area contributed by atoms with Gasteiger partial charge in [-0.05, 0) is 69.4 Å². The zero-order chi connectivity index (χ0) is 21.4. The van der Waals surface area contributed by atoms with Crippen molar-refractivity contribution in [2.45, 2.75) is 65.8 Å². The van der Waals surface area contributed by atoms with Crippen LogP contribution in [0.4, 0.5) is 0 Å². The number of benzene rings is 2. The van der Waals surface area contributed by atoms with Crippen LogP contribution in [-0.4, -0.2) is 25.2 Å². The molecule has 0 aromatic heterocycles. The van der Waals surface area contributed by atoms with Crippen molar-refractivity contribution < 1.29 is 28.3 Å². The average Bonchev–Trinajstić information content (AvgIpc) is 3.06. The van der Waals surface area contributed by atoms with Crippen LogP contribution < -0.4 is 23.6 Å². The molecule has 0 atom stereocenters. The minimum atomic E-state index is -0.134. The molecule has 0 unspecified atom stereocenters. The third kappa shape index (κ3) is 7.53. The fourth-order valence-corrected chi connectivity index (χ4v) is 3.24. The maximum absolute atomic E-state index is 5.87. The van der Waals surface area contributed by atoms with E-state index in [0.717, 1.165) is 36.5 Å². The average molecular weight is 402 g/mol. The van der Waals surface area contributed by atoms with E-state index < -0.39 is 0 Å². The van der Waals surface area contributed by atoms with Gasteiger partial charge in [-0.15, -0.1) is 0 Å². The normalized spacial score (nSPS) is 14.0. The molecule has 0 amide bonds. The van der Waals surface area contributed by atoms with Crippen LogP contribution >= 0.6 is 0 Å². The zero-order valence-electron chi connectivity index (χ0n) is 20.0. The number of aryl methyl sites for hydroxylation is 4. The number of unbranched alkanes of at least 4 members (excludes halogenated alkanes) is 1. The van der Waals surface area contributed by atoms with E-state index in [-0.39, 0.29) is 24.4 Å². The summed E-state index contributed by atoms with van der Waals surface area (Å²) in [6.45, 7) is 14.8. The summed E-state index contributed by atoms with van der Waals surface area (Å²) in [7, 11) is 1.71. The molecule has 158 valence electrons. The van der Waals surface area contributed by atoms with E-state index in [1.165, 1.54) is 28.7 Å². The second-order valence-corrected chi connectivity index (χ2v) is 8.34. The van der Waals surface area contributed by atoms with E-state index in [1.807, 2.05) is 0 Å². The van der Waals surface area contributed by atoms with Gasteiger partial charge in [0.15, 0.2) is 0 Å². The van der Waals surface area contributed by atoms with Crippen molar-refractivity contribution in [3.05, 3.63) is 71.1 Å². The number of hydrogen-bond acceptors (Lipinski definition) is 3. The fourth-order valence-electron chi connectivity index (χ4n) is 3.24. The van der Waals surface area contributed by atoms with Gasteiger partial charge in [0, 0.05) is 5.56 Å². The van der Waals surface area contributed by atoms with Gasteiger partial charge in [-0.25, -0.2) is 4.99 Å². The Kier molecular flexibility index (Phi) is 10.7. The Balaban J connectivity index is 0.000000827. The van der Waals surface area contributed by atoms with Gasteiger partial charge in [-0.3, -0.25) is 0 Å². The summed E-state index contributed by atoms with van der Waals surface area (Å²) in [6.07, 6.45) is 4.23.